The summed E-state index contributed by atoms with van der Waals surface area (Å²) in [4.78, 5) is 21.0. The summed E-state index contributed by atoms with van der Waals surface area (Å²) < 4.78 is 0. The molecule has 3 aliphatic heterocycles. The molecule has 1 atom stereocenters. The van der Waals surface area contributed by atoms with E-state index >= 15 is 0 Å². The van der Waals surface area contributed by atoms with Crippen LogP contribution in [0.1, 0.15) is 29.8 Å². The molecular weight excluding hydrogens is 396 g/mol. The van der Waals surface area contributed by atoms with Gasteiger partial charge in [-0.15, -0.1) is 11.3 Å². The van der Waals surface area contributed by atoms with E-state index in [2.05, 4.69) is 43.0 Å². The molecule has 1 N–H and O–H groups in total. The first-order chi connectivity index (χ1) is 14.6. The lowest BCUT2D eigenvalue weighted by molar-refractivity contribution is -0.000559. The van der Waals surface area contributed by atoms with E-state index in [4.69, 9.17) is 4.98 Å². The van der Waals surface area contributed by atoms with E-state index in [0.29, 0.717) is 18.4 Å². The van der Waals surface area contributed by atoms with E-state index in [0.717, 1.165) is 54.1 Å². The maximum atomic E-state index is 9.56. The van der Waals surface area contributed by atoms with Crippen LogP contribution in [0.25, 0.3) is 0 Å². The summed E-state index contributed by atoms with van der Waals surface area (Å²) in [6.45, 7) is 10.3. The Morgan fingerprint density at radius 3 is 2.87 bits per heavy atom. The number of anilines is 3. The van der Waals surface area contributed by atoms with E-state index < -0.39 is 0 Å². The predicted molar refractivity (Wildman–Crippen MR) is 118 cm³/mol. The third-order valence-electron chi connectivity index (χ3n) is 6.74. The molecule has 0 saturated carbocycles. The molecule has 3 fully saturated rings. The standard InChI is InChI=1S/C21H28N8S/c1-15-10-24-20(25-18-11-23-16(2)30-18)26-19(15)28-13-21(14-28,5-6-22)29-9-8-27-7-3-4-17(27)12-29/h10-11,17H,3-5,7-9,12-14H2,1-2H3,(H,24,25,26)/t17-/m0/s1. The molecule has 8 nitrogen and oxygen atoms in total. The zero-order valence-electron chi connectivity index (χ0n) is 17.6. The summed E-state index contributed by atoms with van der Waals surface area (Å²) in [7, 11) is 0. The second-order valence-electron chi connectivity index (χ2n) is 8.76. The molecule has 0 unspecified atom stereocenters. The number of fused-ring (bicyclic) bond motifs is 1. The largest absolute Gasteiger partial charge is 0.352 e. The Balaban J connectivity index is 1.31. The van der Waals surface area contributed by atoms with Gasteiger partial charge in [0.2, 0.25) is 5.95 Å². The molecule has 5 rings (SSSR count). The number of hydrogen-bond donors (Lipinski definition) is 1. The average Bonchev–Trinajstić information content (AvgIpc) is 3.34. The fraction of sp³-hybridized carbons (Fsp3) is 0.619. The second kappa shape index (κ2) is 7.76. The minimum atomic E-state index is -0.0524. The lowest BCUT2D eigenvalue weighted by Crippen LogP contribution is -2.73. The van der Waals surface area contributed by atoms with Gasteiger partial charge in [-0.3, -0.25) is 9.80 Å². The van der Waals surface area contributed by atoms with E-state index in [1.807, 2.05) is 19.3 Å². The Hall–Kier alpha value is -2.28. The number of aryl methyl sites for hydroxylation is 2. The number of nitriles is 1. The molecule has 3 aliphatic rings. The molecule has 9 heteroatoms. The molecule has 0 bridgehead atoms. The van der Waals surface area contributed by atoms with Gasteiger partial charge in [-0.2, -0.15) is 10.2 Å². The molecule has 0 spiro atoms. The van der Waals surface area contributed by atoms with Crippen molar-refractivity contribution in [3.63, 3.8) is 0 Å². The maximum absolute atomic E-state index is 9.56. The zero-order valence-corrected chi connectivity index (χ0v) is 18.5. The molecule has 2 aromatic heterocycles. The van der Waals surface area contributed by atoms with E-state index in [-0.39, 0.29) is 5.54 Å². The maximum Gasteiger partial charge on any atom is 0.229 e. The highest BCUT2D eigenvalue weighted by atomic mass is 32.1. The van der Waals surface area contributed by atoms with Crippen molar-refractivity contribution < 1.29 is 0 Å². The van der Waals surface area contributed by atoms with Crippen LogP contribution in [0.3, 0.4) is 0 Å². The number of nitrogens with one attached hydrogen (secondary N) is 1. The molecule has 3 saturated heterocycles. The van der Waals surface area contributed by atoms with Crippen molar-refractivity contribution in [1.82, 2.24) is 24.8 Å². The predicted octanol–water partition coefficient (Wildman–Crippen LogP) is 2.55. The van der Waals surface area contributed by atoms with E-state index in [9.17, 15) is 5.26 Å². The van der Waals surface area contributed by atoms with Crippen molar-refractivity contribution in [2.24, 2.45) is 0 Å². The topological polar surface area (TPSA) is 84.2 Å². The Bertz CT molecular complexity index is 960. The van der Waals surface area contributed by atoms with E-state index in [1.165, 1.54) is 19.4 Å². The summed E-state index contributed by atoms with van der Waals surface area (Å²) in [6.07, 6.45) is 6.86. The molecule has 2 aromatic rings. The number of nitrogens with zero attached hydrogens (tertiary/aromatic N) is 7. The van der Waals surface area contributed by atoms with Gasteiger partial charge in [0.15, 0.2) is 0 Å². The quantitative estimate of drug-likeness (QED) is 0.784. The lowest BCUT2D eigenvalue weighted by atomic mass is 9.83. The number of rotatable bonds is 5. The average molecular weight is 425 g/mol. The SMILES string of the molecule is Cc1ncc(Nc2ncc(C)c(N3CC(CC#N)(N4CCN5CCC[C@H]5C4)C3)n2)s1. The normalized spacial score (nSPS) is 23.6. The van der Waals surface area contributed by atoms with Gasteiger partial charge in [-0.05, 0) is 33.2 Å². The van der Waals surface area contributed by atoms with Gasteiger partial charge in [0.25, 0.3) is 0 Å². The summed E-state index contributed by atoms with van der Waals surface area (Å²) in [5.74, 6) is 1.55. The van der Waals surface area contributed by atoms with Gasteiger partial charge in [-0.25, -0.2) is 9.97 Å². The van der Waals surface area contributed by atoms with Crippen LogP contribution < -0.4 is 10.2 Å². The number of hydrogen-bond acceptors (Lipinski definition) is 9. The molecule has 5 heterocycles. The highest BCUT2D eigenvalue weighted by molar-refractivity contribution is 7.15. The summed E-state index contributed by atoms with van der Waals surface area (Å²) in [5, 5.41) is 14.8. The Labute approximate surface area is 181 Å². The van der Waals surface area contributed by atoms with E-state index in [1.54, 1.807) is 11.3 Å². The van der Waals surface area contributed by atoms with Crippen LogP contribution in [-0.2, 0) is 0 Å². The molecule has 0 radical (unpaired) electrons. The summed E-state index contributed by atoms with van der Waals surface area (Å²) in [5.41, 5.74) is 1.01. The van der Waals surface area contributed by atoms with Gasteiger partial charge in [0.05, 0.1) is 29.2 Å². The first kappa shape index (κ1) is 19.7. The van der Waals surface area contributed by atoms with Gasteiger partial charge in [0.1, 0.15) is 10.8 Å². The fourth-order valence-corrected chi connectivity index (χ4v) is 5.82. The van der Waals surface area contributed by atoms with Crippen molar-refractivity contribution in [3.05, 3.63) is 23.0 Å². The van der Waals surface area contributed by atoms with Gasteiger partial charge >= 0.3 is 0 Å². The monoisotopic (exact) mass is 424 g/mol. The van der Waals surface area contributed by atoms with Crippen LogP contribution in [-0.4, -0.2) is 75.6 Å². The van der Waals surface area contributed by atoms with Crippen LogP contribution in [0.2, 0.25) is 0 Å². The molecular formula is C21H28N8S. The van der Waals surface area contributed by atoms with Crippen molar-refractivity contribution in [1.29, 1.82) is 5.26 Å². The first-order valence-corrected chi connectivity index (χ1v) is 11.5. The Kier molecular flexibility index (Phi) is 5.09. The molecule has 158 valence electrons. The Morgan fingerprint density at radius 1 is 1.23 bits per heavy atom. The van der Waals surface area contributed by atoms with Crippen LogP contribution in [0.15, 0.2) is 12.4 Å². The summed E-state index contributed by atoms with van der Waals surface area (Å²) >= 11 is 1.59. The van der Waals surface area contributed by atoms with Gasteiger partial charge < -0.3 is 10.2 Å². The number of thiazole rings is 1. The van der Waals surface area contributed by atoms with Crippen molar-refractivity contribution in [2.75, 3.05) is 49.5 Å². The van der Waals surface area contributed by atoms with Crippen molar-refractivity contribution >= 4 is 28.1 Å². The minimum absolute atomic E-state index is 0.0524. The highest BCUT2D eigenvalue weighted by Crippen LogP contribution is 2.38. The second-order valence-corrected chi connectivity index (χ2v) is 10.00. The van der Waals surface area contributed by atoms with Crippen LogP contribution >= 0.6 is 11.3 Å². The zero-order chi connectivity index (χ0) is 20.7. The first-order valence-electron chi connectivity index (χ1n) is 10.7. The number of piperazine rings is 1. The highest BCUT2D eigenvalue weighted by Gasteiger charge is 2.50. The van der Waals surface area contributed by atoms with Crippen molar-refractivity contribution in [2.45, 2.75) is 44.7 Å². The third-order valence-corrected chi connectivity index (χ3v) is 7.57. The van der Waals surface area contributed by atoms with Gasteiger partial charge in [0, 0.05) is 50.5 Å². The van der Waals surface area contributed by atoms with Crippen LogP contribution in [0.4, 0.5) is 16.8 Å². The summed E-state index contributed by atoms with van der Waals surface area (Å²) in [6, 6.07) is 3.14. The molecule has 0 aliphatic carbocycles. The minimum Gasteiger partial charge on any atom is -0.352 e. The Morgan fingerprint density at radius 2 is 2.10 bits per heavy atom. The molecule has 30 heavy (non-hydrogen) atoms. The van der Waals surface area contributed by atoms with Gasteiger partial charge in [-0.1, -0.05) is 0 Å². The molecule has 0 aromatic carbocycles. The number of aromatic nitrogens is 3. The molecule has 0 amide bonds. The smallest absolute Gasteiger partial charge is 0.229 e. The lowest BCUT2D eigenvalue weighted by Gasteiger charge is -2.58. The van der Waals surface area contributed by atoms with Crippen LogP contribution in [0, 0.1) is 25.2 Å². The van der Waals surface area contributed by atoms with Crippen LogP contribution in [0.5, 0.6) is 0 Å². The fourth-order valence-electron chi connectivity index (χ4n) is 5.15. The third kappa shape index (κ3) is 3.53. The van der Waals surface area contributed by atoms with Crippen molar-refractivity contribution in [3.8, 4) is 6.07 Å².